The van der Waals surface area contributed by atoms with E-state index in [-0.39, 0.29) is 5.88 Å². The van der Waals surface area contributed by atoms with Crippen LogP contribution in [0.1, 0.15) is 11.3 Å². The smallest absolute Gasteiger partial charge is 0.485 e. The third-order valence-corrected chi connectivity index (χ3v) is 3.15. The molecule has 0 aliphatic rings. The Morgan fingerprint density at radius 3 is 2.73 bits per heavy atom. The highest BCUT2D eigenvalue weighted by Gasteiger charge is 2.16. The van der Waals surface area contributed by atoms with E-state index >= 15 is 0 Å². The first-order chi connectivity index (χ1) is 10.6. The lowest BCUT2D eigenvalue weighted by Crippen LogP contribution is -2.06. The highest BCUT2D eigenvalue weighted by Crippen LogP contribution is 2.27. The predicted octanol–water partition coefficient (Wildman–Crippen LogP) is 3.28. The minimum atomic E-state index is -1.37. The predicted molar refractivity (Wildman–Crippen MR) is 79.4 cm³/mol. The first-order valence-corrected chi connectivity index (χ1v) is 6.70. The van der Waals surface area contributed by atoms with Crippen LogP contribution >= 0.6 is 0 Å². The zero-order valence-corrected chi connectivity index (χ0v) is 11.9. The lowest BCUT2D eigenvalue weighted by Gasteiger charge is -2.07. The summed E-state index contributed by atoms with van der Waals surface area (Å²) < 4.78 is 12.1. The molecule has 2 heterocycles. The summed E-state index contributed by atoms with van der Waals surface area (Å²) >= 11 is 0. The van der Waals surface area contributed by atoms with Crippen molar-refractivity contribution in [3.05, 3.63) is 59.9 Å². The van der Waals surface area contributed by atoms with Gasteiger partial charge in [0.15, 0.2) is 11.4 Å². The summed E-state index contributed by atoms with van der Waals surface area (Å²) in [6.07, 6.45) is 0.309. The fourth-order valence-corrected chi connectivity index (χ4v) is 2.19. The maximum atomic E-state index is 10.8. The summed E-state index contributed by atoms with van der Waals surface area (Å²) in [7, 11) is 0. The van der Waals surface area contributed by atoms with Crippen LogP contribution in [0.5, 0.6) is 11.6 Å². The van der Waals surface area contributed by atoms with E-state index in [0.29, 0.717) is 23.7 Å². The fraction of sp³-hybridized carbons (Fsp3) is 0.125. The molecule has 0 amide bonds. The molecule has 0 unspecified atom stereocenters. The fourth-order valence-electron chi connectivity index (χ4n) is 2.19. The lowest BCUT2D eigenvalue weighted by molar-refractivity contribution is 0.141. The molecule has 0 radical (unpaired) electrons. The molecule has 3 rings (SSSR count). The summed E-state index contributed by atoms with van der Waals surface area (Å²) in [5.41, 5.74) is 2.04. The van der Waals surface area contributed by atoms with Crippen molar-refractivity contribution in [3.8, 4) is 11.6 Å². The highest BCUT2D eigenvalue weighted by molar-refractivity contribution is 5.64. The van der Waals surface area contributed by atoms with Crippen molar-refractivity contribution >= 4 is 11.8 Å². The zero-order valence-electron chi connectivity index (χ0n) is 11.9. The van der Waals surface area contributed by atoms with Crippen molar-refractivity contribution in [3.63, 3.8) is 0 Å². The minimum absolute atomic E-state index is 0.174. The number of imidazole rings is 1. The molecule has 112 valence electrons. The van der Waals surface area contributed by atoms with Gasteiger partial charge in [-0.2, -0.15) is 0 Å². The average molecular weight is 298 g/mol. The molecule has 2 aromatic heterocycles. The van der Waals surface area contributed by atoms with Crippen molar-refractivity contribution in [2.24, 2.45) is 0 Å². The lowest BCUT2D eigenvalue weighted by atomic mass is 10.2. The number of pyridine rings is 1. The molecular formula is C16H14N2O4. The van der Waals surface area contributed by atoms with Gasteiger partial charge in [-0.3, -0.25) is 4.40 Å². The number of rotatable bonds is 4. The van der Waals surface area contributed by atoms with Crippen LogP contribution in [0.2, 0.25) is 0 Å². The van der Waals surface area contributed by atoms with Gasteiger partial charge in [0.05, 0.1) is 0 Å². The van der Waals surface area contributed by atoms with E-state index in [2.05, 4.69) is 4.98 Å². The Labute approximate surface area is 126 Å². The summed E-state index contributed by atoms with van der Waals surface area (Å²) in [6.45, 7) is 2.09. The molecule has 0 saturated carbocycles. The van der Waals surface area contributed by atoms with Crippen molar-refractivity contribution in [1.82, 2.24) is 9.38 Å². The summed E-state index contributed by atoms with van der Waals surface area (Å²) in [5, 5.41) is 8.80. The summed E-state index contributed by atoms with van der Waals surface area (Å²) in [4.78, 5) is 15.1. The van der Waals surface area contributed by atoms with Crippen LogP contribution in [0, 0.1) is 6.92 Å². The molecule has 6 heteroatoms. The monoisotopic (exact) mass is 298 g/mol. The number of carboxylic acid groups (broad SMARTS) is 1. The van der Waals surface area contributed by atoms with E-state index in [4.69, 9.17) is 14.6 Å². The SMILES string of the molecule is Cc1nc2c(OCc3ccccc3)cccn2c1OC(=O)O. The molecule has 0 saturated heterocycles. The van der Waals surface area contributed by atoms with Gasteiger partial charge in [0, 0.05) is 6.20 Å². The molecule has 0 bridgehead atoms. The van der Waals surface area contributed by atoms with Gasteiger partial charge < -0.3 is 14.6 Å². The van der Waals surface area contributed by atoms with Crippen LogP contribution in [-0.4, -0.2) is 20.6 Å². The first-order valence-electron chi connectivity index (χ1n) is 6.70. The number of ether oxygens (including phenoxy) is 2. The van der Waals surface area contributed by atoms with Crippen molar-refractivity contribution in [2.45, 2.75) is 13.5 Å². The third kappa shape index (κ3) is 2.71. The molecule has 6 nitrogen and oxygen atoms in total. The van der Waals surface area contributed by atoms with Crippen LogP contribution in [0.3, 0.4) is 0 Å². The van der Waals surface area contributed by atoms with Gasteiger partial charge in [0.1, 0.15) is 12.3 Å². The van der Waals surface area contributed by atoms with E-state index < -0.39 is 6.16 Å². The molecule has 1 aromatic carbocycles. The molecular weight excluding hydrogens is 284 g/mol. The second-order valence-corrected chi connectivity index (χ2v) is 4.71. The van der Waals surface area contributed by atoms with Crippen LogP contribution in [-0.2, 0) is 6.61 Å². The minimum Gasteiger partial charge on any atom is -0.485 e. The Balaban J connectivity index is 1.92. The number of nitrogens with zero attached hydrogens (tertiary/aromatic N) is 2. The maximum absolute atomic E-state index is 10.8. The maximum Gasteiger partial charge on any atom is 0.512 e. The topological polar surface area (TPSA) is 73.1 Å². The second-order valence-electron chi connectivity index (χ2n) is 4.71. The van der Waals surface area contributed by atoms with Crippen LogP contribution in [0.4, 0.5) is 4.79 Å². The molecule has 0 aliphatic carbocycles. The van der Waals surface area contributed by atoms with E-state index in [0.717, 1.165) is 5.56 Å². The standard InChI is InChI=1S/C16H14N2O4/c1-11-15(22-16(19)20)18-9-5-8-13(14(18)17-11)21-10-12-6-3-2-4-7-12/h2-9H,10H2,1H3,(H,19,20). The van der Waals surface area contributed by atoms with Crippen molar-refractivity contribution in [1.29, 1.82) is 0 Å². The van der Waals surface area contributed by atoms with E-state index in [1.54, 1.807) is 29.7 Å². The van der Waals surface area contributed by atoms with Gasteiger partial charge in [-0.05, 0) is 24.6 Å². The van der Waals surface area contributed by atoms with Gasteiger partial charge in [-0.1, -0.05) is 30.3 Å². The van der Waals surface area contributed by atoms with Gasteiger partial charge >= 0.3 is 6.16 Å². The second kappa shape index (κ2) is 5.77. The molecule has 1 N–H and O–H groups in total. The molecule has 22 heavy (non-hydrogen) atoms. The number of hydrogen-bond acceptors (Lipinski definition) is 4. The van der Waals surface area contributed by atoms with Gasteiger partial charge in [-0.15, -0.1) is 0 Å². The molecule has 0 aliphatic heterocycles. The number of aryl methyl sites for hydroxylation is 1. The third-order valence-electron chi connectivity index (χ3n) is 3.15. The Morgan fingerprint density at radius 1 is 1.23 bits per heavy atom. The quantitative estimate of drug-likeness (QED) is 0.748. The largest absolute Gasteiger partial charge is 0.512 e. The van der Waals surface area contributed by atoms with Crippen molar-refractivity contribution < 1.29 is 19.4 Å². The summed E-state index contributed by atoms with van der Waals surface area (Å²) in [5.74, 6) is 0.738. The van der Waals surface area contributed by atoms with Crippen LogP contribution < -0.4 is 9.47 Å². The molecule has 3 aromatic rings. The molecule has 0 fully saturated rings. The number of carbonyl (C=O) groups is 1. The van der Waals surface area contributed by atoms with Gasteiger partial charge in [-0.25, -0.2) is 9.78 Å². The van der Waals surface area contributed by atoms with Crippen LogP contribution in [0.15, 0.2) is 48.7 Å². The van der Waals surface area contributed by atoms with Gasteiger partial charge in [0.25, 0.3) is 0 Å². The van der Waals surface area contributed by atoms with Crippen LogP contribution in [0.25, 0.3) is 5.65 Å². The number of benzene rings is 1. The average Bonchev–Trinajstić information content (AvgIpc) is 2.82. The normalized spacial score (nSPS) is 10.6. The Kier molecular flexibility index (Phi) is 3.65. The zero-order chi connectivity index (χ0) is 15.5. The first kappa shape index (κ1) is 13.9. The van der Waals surface area contributed by atoms with Crippen molar-refractivity contribution in [2.75, 3.05) is 0 Å². The van der Waals surface area contributed by atoms with E-state index in [1.165, 1.54) is 0 Å². The van der Waals surface area contributed by atoms with E-state index in [9.17, 15) is 4.79 Å². The number of aromatic nitrogens is 2. The van der Waals surface area contributed by atoms with E-state index in [1.807, 2.05) is 30.3 Å². The number of hydrogen-bond donors (Lipinski definition) is 1. The van der Waals surface area contributed by atoms with Gasteiger partial charge in [0.2, 0.25) is 5.88 Å². The highest BCUT2D eigenvalue weighted by atomic mass is 16.7. The summed E-state index contributed by atoms with van der Waals surface area (Å²) in [6, 6.07) is 13.3. The molecule has 0 spiro atoms. The Hall–Kier alpha value is -3.02. The Bertz CT molecular complexity index is 812. The number of fused-ring (bicyclic) bond motifs is 1. The Morgan fingerprint density at radius 2 is 2.00 bits per heavy atom. The molecule has 0 atom stereocenters.